The molecule has 2 aromatic carbocycles. The van der Waals surface area contributed by atoms with Gasteiger partial charge in [0.15, 0.2) is 0 Å². The van der Waals surface area contributed by atoms with Gasteiger partial charge in [0.2, 0.25) is 5.91 Å². The first-order chi connectivity index (χ1) is 11.6. The van der Waals surface area contributed by atoms with Crippen molar-refractivity contribution in [2.45, 2.75) is 19.4 Å². The highest BCUT2D eigenvalue weighted by molar-refractivity contribution is 5.94. The van der Waals surface area contributed by atoms with Gasteiger partial charge in [0, 0.05) is 31.6 Å². The van der Waals surface area contributed by atoms with Crippen molar-refractivity contribution in [2.24, 2.45) is 0 Å². The molecule has 2 aromatic rings. The van der Waals surface area contributed by atoms with Crippen LogP contribution in [-0.4, -0.2) is 29.8 Å². The van der Waals surface area contributed by atoms with Crippen molar-refractivity contribution in [3.05, 3.63) is 71.0 Å². The minimum absolute atomic E-state index is 0.0314. The van der Waals surface area contributed by atoms with E-state index >= 15 is 0 Å². The number of rotatable bonds is 4. The zero-order valence-electron chi connectivity index (χ0n) is 13.3. The van der Waals surface area contributed by atoms with Crippen LogP contribution < -0.4 is 5.32 Å². The summed E-state index contributed by atoms with van der Waals surface area (Å²) in [5.74, 6) is -0.650. The third kappa shape index (κ3) is 3.79. The Balaban J connectivity index is 1.48. The van der Waals surface area contributed by atoms with Crippen molar-refractivity contribution in [1.29, 1.82) is 0 Å². The normalized spacial score (nSPS) is 13.3. The summed E-state index contributed by atoms with van der Waals surface area (Å²) >= 11 is 0. The topological polar surface area (TPSA) is 49.4 Å². The number of halogens is 1. The largest absolute Gasteiger partial charge is 0.352 e. The van der Waals surface area contributed by atoms with Crippen molar-refractivity contribution < 1.29 is 14.0 Å². The molecule has 1 N–H and O–H groups in total. The molecule has 0 bridgehead atoms. The number of nitrogens with one attached hydrogen (secondary N) is 1. The van der Waals surface area contributed by atoms with Crippen LogP contribution in [0.5, 0.6) is 0 Å². The first-order valence-electron chi connectivity index (χ1n) is 8.02. The van der Waals surface area contributed by atoms with Gasteiger partial charge in [-0.15, -0.1) is 0 Å². The van der Waals surface area contributed by atoms with Gasteiger partial charge < -0.3 is 10.2 Å². The van der Waals surface area contributed by atoms with E-state index in [1.165, 1.54) is 35.4 Å². The molecule has 0 fully saturated rings. The Bertz CT molecular complexity index is 743. The summed E-state index contributed by atoms with van der Waals surface area (Å²) in [6.07, 6.45) is 1.12. The predicted molar refractivity (Wildman–Crippen MR) is 88.9 cm³/mol. The first-order valence-corrected chi connectivity index (χ1v) is 8.02. The van der Waals surface area contributed by atoms with Crippen LogP contribution in [0.2, 0.25) is 0 Å². The lowest BCUT2D eigenvalue weighted by Gasteiger charge is -2.29. The molecule has 2 amide bonds. The lowest BCUT2D eigenvalue weighted by molar-refractivity contribution is -0.131. The Morgan fingerprint density at radius 2 is 1.75 bits per heavy atom. The Labute approximate surface area is 140 Å². The summed E-state index contributed by atoms with van der Waals surface area (Å²) in [5, 5.41) is 2.70. The minimum Gasteiger partial charge on any atom is -0.352 e. The third-order valence-corrected chi connectivity index (χ3v) is 4.21. The molecule has 3 rings (SSSR count). The zero-order chi connectivity index (χ0) is 16.9. The maximum absolute atomic E-state index is 12.8. The summed E-state index contributed by atoms with van der Waals surface area (Å²) in [4.78, 5) is 26.0. The zero-order valence-corrected chi connectivity index (χ0v) is 13.3. The second-order valence-electron chi connectivity index (χ2n) is 5.85. The molecule has 0 radical (unpaired) electrons. The molecular weight excluding hydrogens is 307 g/mol. The minimum atomic E-state index is -0.382. The molecule has 0 saturated heterocycles. The summed E-state index contributed by atoms with van der Waals surface area (Å²) < 4.78 is 12.8. The van der Waals surface area contributed by atoms with E-state index in [4.69, 9.17) is 0 Å². The van der Waals surface area contributed by atoms with Gasteiger partial charge in [-0.2, -0.15) is 0 Å². The van der Waals surface area contributed by atoms with Gasteiger partial charge in [-0.1, -0.05) is 24.3 Å². The second kappa shape index (κ2) is 7.25. The second-order valence-corrected chi connectivity index (χ2v) is 5.85. The van der Waals surface area contributed by atoms with Gasteiger partial charge >= 0.3 is 0 Å². The van der Waals surface area contributed by atoms with Crippen LogP contribution in [0, 0.1) is 5.82 Å². The Hall–Kier alpha value is -2.69. The number of hydrogen-bond donors (Lipinski definition) is 1. The monoisotopic (exact) mass is 326 g/mol. The quantitative estimate of drug-likeness (QED) is 0.939. The Morgan fingerprint density at radius 3 is 2.50 bits per heavy atom. The number of amides is 2. The van der Waals surface area contributed by atoms with E-state index in [-0.39, 0.29) is 30.6 Å². The van der Waals surface area contributed by atoms with E-state index in [2.05, 4.69) is 11.4 Å². The highest BCUT2D eigenvalue weighted by Crippen LogP contribution is 2.18. The van der Waals surface area contributed by atoms with Crippen LogP contribution >= 0.6 is 0 Å². The number of carbonyl (C=O) groups excluding carboxylic acids is 2. The highest BCUT2D eigenvalue weighted by Gasteiger charge is 2.20. The van der Waals surface area contributed by atoms with Crippen LogP contribution in [0.4, 0.5) is 4.39 Å². The van der Waals surface area contributed by atoms with Gasteiger partial charge in [-0.05, 0) is 41.8 Å². The number of carbonyl (C=O) groups is 2. The van der Waals surface area contributed by atoms with Gasteiger partial charge in [-0.25, -0.2) is 4.39 Å². The molecule has 1 aliphatic rings. The fraction of sp³-hybridized carbons (Fsp3) is 0.263. The molecule has 0 atom stereocenters. The lowest BCUT2D eigenvalue weighted by Crippen LogP contribution is -2.38. The number of benzene rings is 2. The number of hydrogen-bond acceptors (Lipinski definition) is 2. The van der Waals surface area contributed by atoms with E-state index in [1.54, 1.807) is 0 Å². The molecule has 124 valence electrons. The van der Waals surface area contributed by atoms with Crippen LogP contribution in [0.1, 0.15) is 27.9 Å². The van der Waals surface area contributed by atoms with Gasteiger partial charge in [0.1, 0.15) is 5.82 Å². The van der Waals surface area contributed by atoms with Crippen molar-refractivity contribution in [1.82, 2.24) is 10.2 Å². The molecule has 0 saturated carbocycles. The molecule has 4 nitrogen and oxygen atoms in total. The average molecular weight is 326 g/mol. The average Bonchev–Trinajstić information content (AvgIpc) is 2.61. The van der Waals surface area contributed by atoms with E-state index in [0.29, 0.717) is 18.7 Å². The van der Waals surface area contributed by atoms with Crippen LogP contribution in [0.25, 0.3) is 0 Å². The predicted octanol–water partition coefficient (Wildman–Crippen LogP) is 2.53. The van der Waals surface area contributed by atoms with E-state index < -0.39 is 0 Å². The SMILES string of the molecule is O=C(NCCC(=O)N1CCc2ccccc2C1)c1ccc(F)cc1. The molecule has 0 aliphatic carbocycles. The summed E-state index contributed by atoms with van der Waals surface area (Å²) in [6.45, 7) is 1.61. The maximum atomic E-state index is 12.8. The first kappa shape index (κ1) is 16.2. The van der Waals surface area contributed by atoms with Crippen molar-refractivity contribution in [3.8, 4) is 0 Å². The van der Waals surface area contributed by atoms with Crippen molar-refractivity contribution in [3.63, 3.8) is 0 Å². The van der Waals surface area contributed by atoms with Crippen molar-refractivity contribution >= 4 is 11.8 Å². The molecule has 0 spiro atoms. The summed E-state index contributed by atoms with van der Waals surface area (Å²) in [5.41, 5.74) is 2.87. The molecule has 24 heavy (non-hydrogen) atoms. The number of nitrogens with zero attached hydrogens (tertiary/aromatic N) is 1. The van der Waals surface area contributed by atoms with E-state index in [9.17, 15) is 14.0 Å². The van der Waals surface area contributed by atoms with Crippen LogP contribution in [0.3, 0.4) is 0 Å². The summed E-state index contributed by atoms with van der Waals surface area (Å²) in [7, 11) is 0. The fourth-order valence-corrected chi connectivity index (χ4v) is 2.85. The molecule has 1 heterocycles. The molecule has 0 aromatic heterocycles. The van der Waals surface area contributed by atoms with E-state index in [1.807, 2.05) is 23.1 Å². The lowest BCUT2D eigenvalue weighted by atomic mass is 10.00. The maximum Gasteiger partial charge on any atom is 0.251 e. The van der Waals surface area contributed by atoms with Crippen LogP contribution in [-0.2, 0) is 17.8 Å². The summed E-state index contributed by atoms with van der Waals surface area (Å²) in [6, 6.07) is 13.5. The Morgan fingerprint density at radius 1 is 1.04 bits per heavy atom. The highest BCUT2D eigenvalue weighted by atomic mass is 19.1. The third-order valence-electron chi connectivity index (χ3n) is 4.21. The van der Waals surface area contributed by atoms with Crippen LogP contribution in [0.15, 0.2) is 48.5 Å². The Kier molecular flexibility index (Phi) is 4.89. The molecular formula is C19H19FN2O2. The molecule has 1 aliphatic heterocycles. The van der Waals surface area contributed by atoms with Gasteiger partial charge in [-0.3, -0.25) is 9.59 Å². The van der Waals surface area contributed by atoms with E-state index in [0.717, 1.165) is 6.42 Å². The fourth-order valence-electron chi connectivity index (χ4n) is 2.85. The molecule has 0 unspecified atom stereocenters. The van der Waals surface area contributed by atoms with Gasteiger partial charge in [0.25, 0.3) is 5.91 Å². The smallest absolute Gasteiger partial charge is 0.251 e. The standard InChI is InChI=1S/C19H19FN2O2/c20-17-7-5-15(6-8-17)19(24)21-11-9-18(23)22-12-10-14-3-1-2-4-16(14)13-22/h1-8H,9-13H2,(H,21,24). The number of fused-ring (bicyclic) bond motifs is 1. The van der Waals surface area contributed by atoms with Crippen molar-refractivity contribution in [2.75, 3.05) is 13.1 Å². The molecule has 5 heteroatoms. The van der Waals surface area contributed by atoms with Gasteiger partial charge in [0.05, 0.1) is 0 Å².